The number of amides is 1. The molecule has 2 aliphatic rings. The number of pyridine rings is 1. The lowest BCUT2D eigenvalue weighted by Gasteiger charge is -2.36. The second kappa shape index (κ2) is 6.91. The van der Waals surface area contributed by atoms with Crippen molar-refractivity contribution in [1.82, 2.24) is 19.9 Å². The molecule has 1 unspecified atom stereocenters. The summed E-state index contributed by atoms with van der Waals surface area (Å²) in [6.07, 6.45) is -3.24. The molecule has 0 aliphatic carbocycles. The average Bonchev–Trinajstić information content (AvgIpc) is 3.27. The number of nitrogens with zero attached hydrogens (tertiary/aromatic N) is 5. The highest BCUT2D eigenvalue weighted by atomic mass is 19.4. The summed E-state index contributed by atoms with van der Waals surface area (Å²) >= 11 is 0. The summed E-state index contributed by atoms with van der Waals surface area (Å²) in [5.41, 5.74) is -0.836. The third-order valence-electron chi connectivity index (χ3n) is 5.56. The number of carbonyl (C=O) groups excluding carboxylic acids is 1. The number of fused-ring (bicyclic) bond motifs is 1. The van der Waals surface area contributed by atoms with E-state index in [0.717, 1.165) is 25.6 Å². The molecule has 2 aliphatic heterocycles. The van der Waals surface area contributed by atoms with Crippen molar-refractivity contribution in [3.8, 4) is 0 Å². The zero-order valence-corrected chi connectivity index (χ0v) is 15.8. The van der Waals surface area contributed by atoms with Crippen LogP contribution in [0, 0.1) is 6.92 Å². The van der Waals surface area contributed by atoms with Crippen LogP contribution in [0.3, 0.4) is 0 Å². The first-order chi connectivity index (χ1) is 13.3. The number of carbonyl (C=O) groups is 1. The van der Waals surface area contributed by atoms with Crippen LogP contribution in [0.5, 0.6) is 0 Å². The summed E-state index contributed by atoms with van der Waals surface area (Å²) in [6, 6.07) is 0.515. The van der Waals surface area contributed by atoms with Crippen molar-refractivity contribution in [3.63, 3.8) is 0 Å². The molecule has 2 aromatic rings. The minimum absolute atomic E-state index is 0.0465. The Kier molecular flexibility index (Phi) is 4.68. The Morgan fingerprint density at radius 1 is 1.21 bits per heavy atom. The topological polar surface area (TPSA) is 65.7 Å². The van der Waals surface area contributed by atoms with Crippen LogP contribution in [-0.2, 0) is 11.0 Å². The van der Waals surface area contributed by atoms with Gasteiger partial charge in [0.2, 0.25) is 5.91 Å². The molecule has 152 valence electrons. The van der Waals surface area contributed by atoms with E-state index in [1.165, 1.54) is 6.92 Å². The number of anilines is 1. The Labute approximate surface area is 160 Å². The molecule has 7 nitrogen and oxygen atoms in total. The third-order valence-corrected chi connectivity index (χ3v) is 5.56. The lowest BCUT2D eigenvalue weighted by atomic mass is 10.1. The second-order valence-corrected chi connectivity index (χ2v) is 7.45. The molecule has 0 spiro atoms. The molecular weight excluding hydrogens is 375 g/mol. The summed E-state index contributed by atoms with van der Waals surface area (Å²) in [7, 11) is 2.00. The predicted molar refractivity (Wildman–Crippen MR) is 96.0 cm³/mol. The third kappa shape index (κ3) is 3.30. The van der Waals surface area contributed by atoms with E-state index in [-0.39, 0.29) is 28.5 Å². The van der Waals surface area contributed by atoms with Crippen LogP contribution >= 0.6 is 0 Å². The maximum atomic E-state index is 13.6. The molecule has 0 radical (unpaired) electrons. The van der Waals surface area contributed by atoms with Crippen molar-refractivity contribution in [2.24, 2.45) is 0 Å². The van der Waals surface area contributed by atoms with Crippen LogP contribution in [0.1, 0.15) is 24.1 Å². The normalized spacial score (nSPS) is 21.7. The molecule has 1 atom stereocenters. The first-order valence-electron chi connectivity index (χ1n) is 9.34. The fraction of sp³-hybridized carbons (Fsp3) is 0.611. The minimum atomic E-state index is -4.57. The number of halogens is 3. The summed E-state index contributed by atoms with van der Waals surface area (Å²) in [5.74, 6) is 0.0655. The van der Waals surface area contributed by atoms with Crippen LogP contribution < -0.4 is 4.90 Å². The monoisotopic (exact) mass is 397 g/mol. The minimum Gasteiger partial charge on any atom is -0.344 e. The largest absolute Gasteiger partial charge is 0.417 e. The Bertz CT molecular complexity index is 889. The van der Waals surface area contributed by atoms with Gasteiger partial charge in [0.15, 0.2) is 0 Å². The molecule has 2 fully saturated rings. The van der Waals surface area contributed by atoms with Crippen molar-refractivity contribution in [3.05, 3.63) is 17.3 Å². The van der Waals surface area contributed by atoms with Gasteiger partial charge in [-0.1, -0.05) is 5.16 Å². The molecule has 2 saturated heterocycles. The van der Waals surface area contributed by atoms with Crippen molar-refractivity contribution in [2.75, 3.05) is 44.7 Å². The van der Waals surface area contributed by atoms with Gasteiger partial charge in [0.1, 0.15) is 11.9 Å². The number of alkyl halides is 3. The number of aromatic nitrogens is 2. The van der Waals surface area contributed by atoms with Gasteiger partial charge >= 0.3 is 6.18 Å². The SMILES string of the molecule is Cc1noc2nc(N3CCCC3C(=O)N3CCN(C)CC3)cc(C(F)(F)F)c12. The average molecular weight is 397 g/mol. The highest BCUT2D eigenvalue weighted by molar-refractivity contribution is 5.87. The molecule has 28 heavy (non-hydrogen) atoms. The summed E-state index contributed by atoms with van der Waals surface area (Å²) in [6.45, 7) is 4.77. The molecule has 2 aromatic heterocycles. The Morgan fingerprint density at radius 2 is 1.93 bits per heavy atom. The fourth-order valence-corrected chi connectivity index (χ4v) is 3.99. The number of likely N-dealkylation sites (N-methyl/N-ethyl adjacent to an activating group) is 1. The lowest BCUT2D eigenvalue weighted by molar-refractivity contribution is -0.136. The van der Waals surface area contributed by atoms with E-state index in [1.54, 1.807) is 9.80 Å². The lowest BCUT2D eigenvalue weighted by Crippen LogP contribution is -2.53. The summed E-state index contributed by atoms with van der Waals surface area (Å²) < 4.78 is 45.9. The summed E-state index contributed by atoms with van der Waals surface area (Å²) in [4.78, 5) is 22.9. The van der Waals surface area contributed by atoms with E-state index in [4.69, 9.17) is 4.52 Å². The Hall–Kier alpha value is -2.36. The molecule has 4 rings (SSSR count). The van der Waals surface area contributed by atoms with Crippen LogP contribution in [0.2, 0.25) is 0 Å². The van der Waals surface area contributed by atoms with Crippen LogP contribution in [0.15, 0.2) is 10.6 Å². The van der Waals surface area contributed by atoms with Crippen LogP contribution in [0.4, 0.5) is 19.0 Å². The van der Waals surface area contributed by atoms with E-state index in [9.17, 15) is 18.0 Å². The van der Waals surface area contributed by atoms with E-state index >= 15 is 0 Å². The van der Waals surface area contributed by atoms with Gasteiger partial charge in [0, 0.05) is 32.7 Å². The second-order valence-electron chi connectivity index (χ2n) is 7.45. The molecule has 0 saturated carbocycles. The molecule has 0 N–H and O–H groups in total. The van der Waals surface area contributed by atoms with Gasteiger partial charge < -0.3 is 19.2 Å². The predicted octanol–water partition coefficient (Wildman–Crippen LogP) is 2.29. The van der Waals surface area contributed by atoms with Gasteiger partial charge in [0.05, 0.1) is 16.6 Å². The maximum Gasteiger partial charge on any atom is 0.417 e. The number of piperazine rings is 1. The van der Waals surface area contributed by atoms with Crippen molar-refractivity contribution < 1.29 is 22.5 Å². The van der Waals surface area contributed by atoms with Gasteiger partial charge in [-0.15, -0.1) is 0 Å². The van der Waals surface area contributed by atoms with E-state index < -0.39 is 17.8 Å². The van der Waals surface area contributed by atoms with Gasteiger partial charge in [-0.05, 0) is 32.9 Å². The van der Waals surface area contributed by atoms with Crippen molar-refractivity contribution in [1.29, 1.82) is 0 Å². The zero-order chi connectivity index (χ0) is 20.1. The van der Waals surface area contributed by atoms with Gasteiger partial charge in [0.25, 0.3) is 5.71 Å². The molecule has 1 amide bonds. The van der Waals surface area contributed by atoms with Crippen LogP contribution in [0.25, 0.3) is 11.1 Å². The number of aryl methyl sites for hydroxylation is 1. The molecule has 0 bridgehead atoms. The highest BCUT2D eigenvalue weighted by Crippen LogP contribution is 2.39. The number of hydrogen-bond acceptors (Lipinski definition) is 6. The maximum absolute atomic E-state index is 13.6. The molecule has 10 heteroatoms. The van der Waals surface area contributed by atoms with E-state index in [2.05, 4.69) is 15.0 Å². The molecular formula is C18H22F3N5O2. The first kappa shape index (κ1) is 19.0. The fourth-order valence-electron chi connectivity index (χ4n) is 3.99. The summed E-state index contributed by atoms with van der Waals surface area (Å²) in [5, 5.41) is 3.51. The highest BCUT2D eigenvalue weighted by Gasteiger charge is 2.39. The molecule has 0 aromatic carbocycles. The number of hydrogen-bond donors (Lipinski definition) is 0. The standard InChI is InChI=1S/C18H22F3N5O2/c1-11-15-12(18(19,20)21)10-14(22-16(15)28-23-11)26-5-3-4-13(26)17(27)25-8-6-24(2)7-9-25/h10,13H,3-9H2,1-2H3. The Morgan fingerprint density at radius 3 is 2.61 bits per heavy atom. The van der Waals surface area contributed by atoms with E-state index in [1.807, 2.05) is 7.05 Å². The quantitative estimate of drug-likeness (QED) is 0.775. The Balaban J connectivity index is 1.68. The molecule has 4 heterocycles. The van der Waals surface area contributed by atoms with Gasteiger partial charge in [-0.2, -0.15) is 18.2 Å². The van der Waals surface area contributed by atoms with Crippen molar-refractivity contribution >= 4 is 22.8 Å². The van der Waals surface area contributed by atoms with Gasteiger partial charge in [-0.25, -0.2) is 0 Å². The smallest absolute Gasteiger partial charge is 0.344 e. The van der Waals surface area contributed by atoms with Gasteiger partial charge in [-0.3, -0.25) is 4.79 Å². The van der Waals surface area contributed by atoms with Crippen LogP contribution in [-0.4, -0.2) is 71.7 Å². The first-order valence-corrected chi connectivity index (χ1v) is 9.34. The zero-order valence-electron chi connectivity index (χ0n) is 15.8. The number of rotatable bonds is 2. The van der Waals surface area contributed by atoms with Crippen molar-refractivity contribution in [2.45, 2.75) is 32.0 Å². The van der Waals surface area contributed by atoms with E-state index in [0.29, 0.717) is 26.1 Å².